The number of rotatable bonds is 9. The molecule has 0 saturated carbocycles. The van der Waals surface area contributed by atoms with Gasteiger partial charge in [-0.05, 0) is 74.4 Å². The van der Waals surface area contributed by atoms with Crippen LogP contribution in [0.15, 0.2) is 84.9 Å². The van der Waals surface area contributed by atoms with E-state index in [1.165, 1.54) is 5.56 Å². The van der Waals surface area contributed by atoms with Gasteiger partial charge in [0.25, 0.3) is 0 Å². The number of aryl methyl sites for hydroxylation is 1. The molecule has 0 bridgehead atoms. The Kier molecular flexibility index (Phi) is 10.0. The lowest BCUT2D eigenvalue weighted by molar-refractivity contribution is -0.136. The van der Waals surface area contributed by atoms with Crippen molar-refractivity contribution in [2.45, 2.75) is 71.6 Å². The molecule has 2 heterocycles. The molecule has 4 aromatic rings. The quantitative estimate of drug-likeness (QED) is 0.201. The SMILES string of the molecule is CC(=O)C[C@@H](C(=O)N1CCC(Cc2ccc(NC(=O)Nc3cc(C(C)(C)C)nn3-c3ccc(C)cc3)cc2)CC1)c1ccccc1. The van der Waals surface area contributed by atoms with Crippen molar-refractivity contribution in [3.8, 4) is 5.69 Å². The van der Waals surface area contributed by atoms with Gasteiger partial charge in [0.1, 0.15) is 11.6 Å². The van der Waals surface area contributed by atoms with Crippen molar-refractivity contribution in [1.82, 2.24) is 14.7 Å². The summed E-state index contributed by atoms with van der Waals surface area (Å²) in [7, 11) is 0. The lowest BCUT2D eigenvalue weighted by Crippen LogP contribution is -2.41. The van der Waals surface area contributed by atoms with Gasteiger partial charge in [0.2, 0.25) is 5.91 Å². The smallest absolute Gasteiger partial charge is 0.324 e. The minimum Gasteiger partial charge on any atom is -0.342 e. The van der Waals surface area contributed by atoms with E-state index in [0.717, 1.165) is 41.8 Å². The number of piperidine rings is 1. The number of anilines is 2. The minimum absolute atomic E-state index is 0.0241. The highest BCUT2D eigenvalue weighted by Crippen LogP contribution is 2.29. The van der Waals surface area contributed by atoms with Crippen molar-refractivity contribution in [3.05, 3.63) is 107 Å². The molecule has 5 rings (SSSR count). The molecule has 46 heavy (non-hydrogen) atoms. The first-order chi connectivity index (χ1) is 22.0. The van der Waals surface area contributed by atoms with Gasteiger partial charge >= 0.3 is 6.03 Å². The molecule has 0 radical (unpaired) electrons. The minimum atomic E-state index is -0.420. The number of aromatic nitrogens is 2. The molecular weight excluding hydrogens is 574 g/mol. The van der Waals surface area contributed by atoms with Crippen LogP contribution < -0.4 is 10.6 Å². The first kappa shape index (κ1) is 32.7. The van der Waals surface area contributed by atoms with Gasteiger partial charge in [-0.3, -0.25) is 14.9 Å². The zero-order chi connectivity index (χ0) is 32.8. The number of likely N-dealkylation sites (tertiary alicyclic amines) is 1. The third-order valence-corrected chi connectivity index (χ3v) is 8.65. The molecule has 1 aliphatic heterocycles. The number of Topliss-reactive ketones (excluding diaryl/α,β-unsaturated/α-hetero) is 1. The number of carbonyl (C=O) groups is 3. The van der Waals surface area contributed by atoms with Gasteiger partial charge in [-0.1, -0.05) is 80.9 Å². The fraction of sp³-hybridized carbons (Fsp3) is 0.368. The molecule has 1 fully saturated rings. The van der Waals surface area contributed by atoms with Crippen molar-refractivity contribution in [2.75, 3.05) is 23.7 Å². The predicted molar refractivity (Wildman–Crippen MR) is 184 cm³/mol. The Bertz CT molecular complexity index is 1650. The molecular formula is C38H45N5O3. The largest absolute Gasteiger partial charge is 0.342 e. The normalized spacial score (nSPS) is 14.5. The topological polar surface area (TPSA) is 96.3 Å². The maximum atomic E-state index is 13.4. The third kappa shape index (κ3) is 8.30. The lowest BCUT2D eigenvalue weighted by Gasteiger charge is -2.34. The average molecular weight is 620 g/mol. The van der Waals surface area contributed by atoms with Crippen LogP contribution >= 0.6 is 0 Å². The number of nitrogens with one attached hydrogen (secondary N) is 2. The summed E-state index contributed by atoms with van der Waals surface area (Å²) in [4.78, 5) is 40.3. The van der Waals surface area contributed by atoms with Gasteiger partial charge in [0.15, 0.2) is 0 Å². The molecule has 0 spiro atoms. The number of urea groups is 1. The van der Waals surface area contributed by atoms with E-state index >= 15 is 0 Å². The fourth-order valence-corrected chi connectivity index (χ4v) is 5.95. The van der Waals surface area contributed by atoms with Gasteiger partial charge in [-0.25, -0.2) is 9.48 Å². The van der Waals surface area contributed by atoms with Crippen LogP contribution in [0.3, 0.4) is 0 Å². The van der Waals surface area contributed by atoms with E-state index in [-0.39, 0.29) is 29.6 Å². The number of benzene rings is 3. The van der Waals surface area contributed by atoms with Crippen molar-refractivity contribution in [3.63, 3.8) is 0 Å². The third-order valence-electron chi connectivity index (χ3n) is 8.65. The summed E-state index contributed by atoms with van der Waals surface area (Å²) in [6.07, 6.45) is 2.98. The number of ketones is 1. The van der Waals surface area contributed by atoms with Crippen molar-refractivity contribution in [2.24, 2.45) is 5.92 Å². The highest BCUT2D eigenvalue weighted by Gasteiger charge is 2.30. The Labute approximate surface area is 272 Å². The molecule has 1 aromatic heterocycles. The van der Waals surface area contributed by atoms with E-state index in [4.69, 9.17) is 5.10 Å². The van der Waals surface area contributed by atoms with E-state index in [1.807, 2.05) is 84.6 Å². The van der Waals surface area contributed by atoms with Crippen LogP contribution in [-0.2, 0) is 21.4 Å². The summed E-state index contributed by atoms with van der Waals surface area (Å²) < 4.78 is 1.77. The van der Waals surface area contributed by atoms with E-state index in [1.54, 1.807) is 11.6 Å². The van der Waals surface area contributed by atoms with Gasteiger partial charge in [0.05, 0.1) is 17.3 Å². The summed E-state index contributed by atoms with van der Waals surface area (Å²) in [5.41, 5.74) is 5.54. The first-order valence-corrected chi connectivity index (χ1v) is 16.1. The van der Waals surface area contributed by atoms with Crippen molar-refractivity contribution >= 4 is 29.2 Å². The summed E-state index contributed by atoms with van der Waals surface area (Å²) >= 11 is 0. The Morgan fingerprint density at radius 3 is 2.15 bits per heavy atom. The molecule has 0 unspecified atom stereocenters. The monoisotopic (exact) mass is 619 g/mol. The summed E-state index contributed by atoms with van der Waals surface area (Å²) in [5.74, 6) is 0.717. The van der Waals surface area contributed by atoms with E-state index in [0.29, 0.717) is 30.5 Å². The number of hydrogen-bond acceptors (Lipinski definition) is 4. The molecule has 8 heteroatoms. The summed E-state index contributed by atoms with van der Waals surface area (Å²) in [6.45, 7) is 11.3. The van der Waals surface area contributed by atoms with Crippen molar-refractivity contribution in [1.29, 1.82) is 0 Å². The number of hydrogen-bond donors (Lipinski definition) is 2. The zero-order valence-corrected chi connectivity index (χ0v) is 27.5. The van der Waals surface area contributed by atoms with Crippen LogP contribution in [0.5, 0.6) is 0 Å². The molecule has 1 atom stereocenters. The van der Waals surface area contributed by atoms with E-state index in [9.17, 15) is 14.4 Å². The lowest BCUT2D eigenvalue weighted by atomic mass is 9.88. The molecule has 8 nitrogen and oxygen atoms in total. The van der Waals surface area contributed by atoms with Crippen LogP contribution in [0.2, 0.25) is 0 Å². The summed E-state index contributed by atoms with van der Waals surface area (Å²) in [6, 6.07) is 27.2. The van der Waals surface area contributed by atoms with Crippen molar-refractivity contribution < 1.29 is 14.4 Å². The number of carbonyl (C=O) groups excluding carboxylic acids is 3. The van der Waals surface area contributed by atoms with Crippen LogP contribution in [-0.4, -0.2) is 45.5 Å². The van der Waals surface area contributed by atoms with Gasteiger partial charge in [-0.15, -0.1) is 0 Å². The maximum Gasteiger partial charge on any atom is 0.324 e. The van der Waals surface area contributed by atoms with E-state index in [2.05, 4.69) is 43.5 Å². The predicted octanol–water partition coefficient (Wildman–Crippen LogP) is 7.67. The molecule has 3 amide bonds. The Morgan fingerprint density at radius 1 is 0.891 bits per heavy atom. The molecule has 3 aromatic carbocycles. The molecule has 2 N–H and O–H groups in total. The molecule has 1 aliphatic rings. The number of nitrogens with zero attached hydrogens (tertiary/aromatic N) is 3. The maximum absolute atomic E-state index is 13.4. The standard InChI is InChI=1S/C38H45N5O3/c1-26-11-17-32(18-12-26)43-35(25-34(41-43)38(3,4)5)40-37(46)39-31-15-13-28(14-16-31)24-29-19-21-42(22-20-29)36(45)33(23-27(2)44)30-9-7-6-8-10-30/h6-18,25,29,33H,19-24H2,1-5H3,(H2,39,40,46)/t33-/m1/s1. The Balaban J connectivity index is 1.16. The first-order valence-electron chi connectivity index (χ1n) is 16.1. The number of amides is 3. The van der Waals surface area contributed by atoms with Gasteiger partial charge in [0, 0.05) is 36.7 Å². The highest BCUT2D eigenvalue weighted by atomic mass is 16.2. The Morgan fingerprint density at radius 2 is 1.54 bits per heavy atom. The van der Waals surface area contributed by atoms with Gasteiger partial charge < -0.3 is 10.2 Å². The van der Waals surface area contributed by atoms with Crippen LogP contribution in [0, 0.1) is 12.8 Å². The average Bonchev–Trinajstić information content (AvgIpc) is 3.46. The molecule has 1 saturated heterocycles. The van der Waals surface area contributed by atoms with E-state index < -0.39 is 5.92 Å². The fourth-order valence-electron chi connectivity index (χ4n) is 5.95. The highest BCUT2D eigenvalue weighted by molar-refractivity contribution is 5.99. The van der Waals surface area contributed by atoms with Crippen LogP contribution in [0.25, 0.3) is 5.69 Å². The Hall–Kier alpha value is -4.72. The van der Waals surface area contributed by atoms with Crippen LogP contribution in [0.1, 0.15) is 75.3 Å². The summed E-state index contributed by atoms with van der Waals surface area (Å²) in [5, 5.41) is 10.7. The second-order valence-corrected chi connectivity index (χ2v) is 13.5. The van der Waals surface area contributed by atoms with Gasteiger partial charge in [-0.2, -0.15) is 5.10 Å². The second kappa shape index (κ2) is 14.1. The second-order valence-electron chi connectivity index (χ2n) is 13.5. The molecule has 240 valence electrons. The molecule has 0 aliphatic carbocycles. The zero-order valence-electron chi connectivity index (χ0n) is 27.5. The van der Waals surface area contributed by atoms with Crippen LogP contribution in [0.4, 0.5) is 16.3 Å².